The summed E-state index contributed by atoms with van der Waals surface area (Å²) in [5.41, 5.74) is 12.9. The van der Waals surface area contributed by atoms with Gasteiger partial charge in [0.15, 0.2) is 0 Å². The normalized spacial score (nSPS) is 10.9. The number of aromatic amines is 1. The van der Waals surface area contributed by atoms with E-state index in [0.717, 1.165) is 18.4 Å². The Hall–Kier alpha value is -4.20. The third-order valence-corrected chi connectivity index (χ3v) is 6.18. The van der Waals surface area contributed by atoms with E-state index in [-0.39, 0.29) is 11.9 Å². The van der Waals surface area contributed by atoms with E-state index in [1.807, 2.05) is 54.3 Å². The van der Waals surface area contributed by atoms with Crippen molar-refractivity contribution >= 4 is 47.0 Å². The third-order valence-electron chi connectivity index (χ3n) is 5.24. The smallest absolute Gasteiger partial charge is 0.233 e. The lowest BCUT2D eigenvalue weighted by Crippen LogP contribution is -2.39. The molecule has 190 valence electrons. The van der Waals surface area contributed by atoms with Gasteiger partial charge in [-0.3, -0.25) is 0 Å². The minimum Gasteiger partial charge on any atom is -0.368 e. The topological polar surface area (TPSA) is 167 Å². The second kappa shape index (κ2) is 11.5. The van der Waals surface area contributed by atoms with Crippen LogP contribution < -0.4 is 31.5 Å². The molecule has 0 spiro atoms. The molecule has 0 saturated heterocycles. The lowest BCUT2D eigenvalue weighted by molar-refractivity contribution is 0.718. The maximum atomic E-state index is 5.85. The lowest BCUT2D eigenvalue weighted by atomic mass is 10.2. The van der Waals surface area contributed by atoms with Crippen LogP contribution in [0.15, 0.2) is 36.0 Å². The second-order valence-electron chi connectivity index (χ2n) is 8.33. The molecule has 14 heteroatoms. The van der Waals surface area contributed by atoms with Crippen LogP contribution in [-0.4, -0.2) is 75.8 Å². The maximum Gasteiger partial charge on any atom is 0.233 e. The van der Waals surface area contributed by atoms with Crippen molar-refractivity contribution in [1.82, 2.24) is 34.9 Å². The summed E-state index contributed by atoms with van der Waals surface area (Å²) in [6.07, 6.45) is 5.51. The number of nitrogen functional groups attached to an aromatic ring is 2. The van der Waals surface area contributed by atoms with E-state index in [4.69, 9.17) is 11.5 Å². The van der Waals surface area contributed by atoms with Crippen molar-refractivity contribution in [2.45, 2.75) is 12.8 Å². The molecule has 0 radical (unpaired) electrons. The van der Waals surface area contributed by atoms with E-state index < -0.39 is 0 Å². The second-order valence-corrected chi connectivity index (χ2v) is 9.37. The summed E-state index contributed by atoms with van der Waals surface area (Å²) < 4.78 is 0. The number of H-pyrrole nitrogens is 1. The molecule has 0 aliphatic rings. The summed E-state index contributed by atoms with van der Waals surface area (Å²) in [6, 6.07) is 6.20. The maximum absolute atomic E-state index is 5.85. The van der Waals surface area contributed by atoms with Crippen LogP contribution in [0, 0.1) is 0 Å². The van der Waals surface area contributed by atoms with Crippen LogP contribution in [0.25, 0.3) is 0 Å². The number of hydrogen-bond acceptors (Lipinski definition) is 13. The molecular weight excluding hydrogens is 478 g/mol. The molecule has 4 aromatic rings. The van der Waals surface area contributed by atoms with Crippen LogP contribution in [0.1, 0.15) is 10.4 Å². The summed E-state index contributed by atoms with van der Waals surface area (Å²) in [5.74, 6) is 2.10. The van der Waals surface area contributed by atoms with Gasteiger partial charge < -0.3 is 36.5 Å². The molecular formula is C22H31N13S. The molecule has 36 heavy (non-hydrogen) atoms. The van der Waals surface area contributed by atoms with Gasteiger partial charge in [-0.25, -0.2) is 0 Å². The summed E-state index contributed by atoms with van der Waals surface area (Å²) in [6.45, 7) is 1.72. The van der Waals surface area contributed by atoms with E-state index in [2.05, 4.69) is 57.7 Å². The molecule has 4 aromatic heterocycles. The van der Waals surface area contributed by atoms with Crippen molar-refractivity contribution in [3.05, 3.63) is 46.4 Å². The highest BCUT2D eigenvalue weighted by atomic mass is 32.1. The number of thiophene rings is 1. The highest BCUT2D eigenvalue weighted by Gasteiger charge is 2.18. The molecule has 0 saturated carbocycles. The zero-order valence-corrected chi connectivity index (χ0v) is 21.4. The predicted molar refractivity (Wildman–Crippen MR) is 144 cm³/mol. The molecule has 0 atom stereocenters. The highest BCUT2D eigenvalue weighted by Crippen LogP contribution is 2.18. The summed E-state index contributed by atoms with van der Waals surface area (Å²) in [5, 5.41) is 5.40. The van der Waals surface area contributed by atoms with Crippen molar-refractivity contribution in [3.63, 3.8) is 0 Å². The van der Waals surface area contributed by atoms with E-state index in [0.29, 0.717) is 43.6 Å². The van der Waals surface area contributed by atoms with Crippen LogP contribution in [0.5, 0.6) is 0 Å². The molecule has 0 aliphatic carbocycles. The fourth-order valence-electron chi connectivity index (χ4n) is 3.43. The largest absolute Gasteiger partial charge is 0.368 e. The zero-order chi connectivity index (χ0) is 25.5. The van der Waals surface area contributed by atoms with E-state index in [1.54, 1.807) is 11.3 Å². The van der Waals surface area contributed by atoms with Gasteiger partial charge in [0, 0.05) is 51.5 Å². The SMILES string of the molecule is CN(C)c1nc(NCCc2cccs2)nc(N(C)CN(CCc2cc[nH]c2)c2nc(N)nc(N)n2)n1. The number of anilines is 6. The Morgan fingerprint density at radius 2 is 1.69 bits per heavy atom. The fourth-order valence-corrected chi connectivity index (χ4v) is 4.13. The average molecular weight is 510 g/mol. The van der Waals surface area contributed by atoms with Gasteiger partial charge in [0.2, 0.25) is 35.7 Å². The zero-order valence-electron chi connectivity index (χ0n) is 20.6. The Morgan fingerprint density at radius 3 is 2.36 bits per heavy atom. The quantitative estimate of drug-likeness (QED) is 0.203. The first-order valence-corrected chi connectivity index (χ1v) is 12.3. The molecule has 0 amide bonds. The van der Waals surface area contributed by atoms with Crippen LogP contribution in [0.3, 0.4) is 0 Å². The summed E-state index contributed by atoms with van der Waals surface area (Å²) in [7, 11) is 5.70. The number of rotatable bonds is 12. The van der Waals surface area contributed by atoms with Gasteiger partial charge in [0.25, 0.3) is 0 Å². The lowest BCUT2D eigenvalue weighted by Gasteiger charge is -2.28. The standard InChI is InChI=1S/C22H31N13S/c1-33(2)20-30-19(26-10-7-16-5-4-12-36-16)31-21(32-20)34(3)14-35(11-8-15-6-9-25-13-15)22-28-17(23)27-18(24)29-22/h4-6,9,12-13,25H,7-8,10-11,14H2,1-3H3,(H,26,30,31,32)(H4,23,24,27,28,29). The van der Waals surface area contributed by atoms with Crippen LogP contribution in [-0.2, 0) is 12.8 Å². The Morgan fingerprint density at radius 1 is 0.917 bits per heavy atom. The molecule has 4 rings (SSSR count). The van der Waals surface area contributed by atoms with Crippen molar-refractivity contribution in [3.8, 4) is 0 Å². The molecule has 0 fully saturated rings. The van der Waals surface area contributed by atoms with Gasteiger partial charge in [-0.15, -0.1) is 11.3 Å². The number of hydrogen-bond donors (Lipinski definition) is 4. The van der Waals surface area contributed by atoms with Gasteiger partial charge in [0.1, 0.15) is 0 Å². The van der Waals surface area contributed by atoms with Crippen LogP contribution in [0.2, 0.25) is 0 Å². The predicted octanol–water partition coefficient (Wildman–Crippen LogP) is 1.47. The third kappa shape index (κ3) is 6.69. The van der Waals surface area contributed by atoms with Gasteiger partial charge in [-0.2, -0.15) is 29.9 Å². The molecule has 13 nitrogen and oxygen atoms in total. The summed E-state index contributed by atoms with van der Waals surface area (Å²) >= 11 is 1.73. The van der Waals surface area contributed by atoms with Gasteiger partial charge in [-0.1, -0.05) is 6.07 Å². The number of aromatic nitrogens is 7. The molecule has 0 aliphatic heterocycles. The van der Waals surface area contributed by atoms with Crippen LogP contribution in [0.4, 0.5) is 35.7 Å². The van der Waals surface area contributed by atoms with E-state index >= 15 is 0 Å². The Labute approximate surface area is 213 Å². The molecule has 6 N–H and O–H groups in total. The molecule has 0 bridgehead atoms. The van der Waals surface area contributed by atoms with Gasteiger partial charge in [0.05, 0.1) is 6.67 Å². The fraction of sp³-hybridized carbons (Fsp3) is 0.364. The molecule has 0 aromatic carbocycles. The monoisotopic (exact) mass is 509 g/mol. The van der Waals surface area contributed by atoms with E-state index in [1.165, 1.54) is 4.88 Å². The molecule has 0 unspecified atom stereocenters. The highest BCUT2D eigenvalue weighted by molar-refractivity contribution is 7.09. The van der Waals surface area contributed by atoms with E-state index in [9.17, 15) is 0 Å². The first kappa shape index (κ1) is 24.9. The van der Waals surface area contributed by atoms with Crippen molar-refractivity contribution in [1.29, 1.82) is 0 Å². The Balaban J connectivity index is 1.53. The number of nitrogens with zero attached hydrogens (tertiary/aromatic N) is 9. The van der Waals surface area contributed by atoms with Crippen molar-refractivity contribution < 1.29 is 0 Å². The van der Waals surface area contributed by atoms with Crippen molar-refractivity contribution in [2.24, 2.45) is 0 Å². The van der Waals surface area contributed by atoms with Gasteiger partial charge >= 0.3 is 0 Å². The number of nitrogens with two attached hydrogens (primary N) is 2. The summed E-state index contributed by atoms with van der Waals surface area (Å²) in [4.78, 5) is 36.5. The molecule has 4 heterocycles. The number of nitrogens with one attached hydrogen (secondary N) is 2. The van der Waals surface area contributed by atoms with Crippen LogP contribution >= 0.6 is 11.3 Å². The minimum absolute atomic E-state index is 0.0686. The Bertz CT molecular complexity index is 1210. The first-order valence-electron chi connectivity index (χ1n) is 11.4. The Kier molecular flexibility index (Phi) is 7.95. The average Bonchev–Trinajstić information content (AvgIpc) is 3.55. The minimum atomic E-state index is 0.0686. The van der Waals surface area contributed by atoms with Gasteiger partial charge in [-0.05, 0) is 35.9 Å². The first-order chi connectivity index (χ1) is 17.4. The van der Waals surface area contributed by atoms with Crippen molar-refractivity contribution in [2.75, 3.05) is 72.4 Å².